The average Bonchev–Trinajstić information content (AvgIpc) is 2.89. The molecule has 22 heavy (non-hydrogen) atoms. The van der Waals surface area contributed by atoms with E-state index in [0.717, 1.165) is 0 Å². The van der Waals surface area contributed by atoms with Gasteiger partial charge in [0.1, 0.15) is 0 Å². The molecule has 0 saturated heterocycles. The third kappa shape index (κ3) is 4.18. The second kappa shape index (κ2) is 6.88. The number of carbonyl (C=O) groups is 1. The molecule has 2 aromatic rings. The molecule has 2 aromatic heterocycles. The monoisotopic (exact) mass is 305 g/mol. The molecule has 8 nitrogen and oxygen atoms in total. The zero-order valence-electron chi connectivity index (χ0n) is 12.5. The van der Waals surface area contributed by atoms with E-state index in [-0.39, 0.29) is 24.8 Å². The maximum absolute atomic E-state index is 11.9. The molecule has 0 aliphatic carbocycles. The van der Waals surface area contributed by atoms with Crippen LogP contribution in [0.3, 0.4) is 0 Å². The van der Waals surface area contributed by atoms with Gasteiger partial charge in [0, 0.05) is 36.1 Å². The molecule has 0 fully saturated rings. The van der Waals surface area contributed by atoms with Crippen LogP contribution in [0.5, 0.6) is 0 Å². The first kappa shape index (κ1) is 15.7. The van der Waals surface area contributed by atoms with Gasteiger partial charge in [-0.25, -0.2) is 4.79 Å². The molecular formula is C14H19N5O3. The summed E-state index contributed by atoms with van der Waals surface area (Å²) in [6, 6.07) is 1.75. The Kier molecular flexibility index (Phi) is 4.92. The summed E-state index contributed by atoms with van der Waals surface area (Å²) < 4.78 is 1.74. The Bertz CT molecular complexity index is 745. The second-order valence-corrected chi connectivity index (χ2v) is 5.21. The lowest BCUT2D eigenvalue weighted by atomic mass is 10.1. The van der Waals surface area contributed by atoms with Crippen LogP contribution in [-0.2, 0) is 17.8 Å². The van der Waals surface area contributed by atoms with Crippen molar-refractivity contribution in [3.63, 3.8) is 0 Å². The summed E-state index contributed by atoms with van der Waals surface area (Å²) in [7, 11) is 0. The number of carbonyl (C=O) groups excluding carboxylic acids is 1. The minimum atomic E-state index is -0.538. The van der Waals surface area contributed by atoms with Gasteiger partial charge in [-0.2, -0.15) is 5.10 Å². The third-order valence-electron chi connectivity index (χ3n) is 3.28. The first-order valence-electron chi connectivity index (χ1n) is 7.04. The number of aromatic amines is 2. The van der Waals surface area contributed by atoms with E-state index in [0.29, 0.717) is 17.8 Å². The van der Waals surface area contributed by atoms with E-state index in [9.17, 15) is 14.4 Å². The molecule has 0 radical (unpaired) electrons. The van der Waals surface area contributed by atoms with Crippen LogP contribution in [0.2, 0.25) is 0 Å². The highest BCUT2D eigenvalue weighted by Gasteiger charge is 2.11. The summed E-state index contributed by atoms with van der Waals surface area (Å²) >= 11 is 0. The number of amides is 1. The van der Waals surface area contributed by atoms with Crippen LogP contribution in [0.15, 0.2) is 28.0 Å². The van der Waals surface area contributed by atoms with E-state index in [1.807, 2.05) is 19.2 Å². The fraction of sp³-hybridized carbons (Fsp3) is 0.429. The number of nitrogens with one attached hydrogen (secondary N) is 3. The summed E-state index contributed by atoms with van der Waals surface area (Å²) in [5.41, 5.74) is -0.0668. The Morgan fingerprint density at radius 1 is 1.41 bits per heavy atom. The van der Waals surface area contributed by atoms with Gasteiger partial charge in [0.05, 0.1) is 6.54 Å². The Hall–Kier alpha value is -2.64. The van der Waals surface area contributed by atoms with Gasteiger partial charge >= 0.3 is 5.69 Å². The maximum atomic E-state index is 11.9. The standard InChI is InChI=1S/C14H19N5O3/c1-9(8-19-7-3-6-15-19)16-12(20)5-4-11-10(2)17-14(22)18-13(11)21/h3,6-7,9H,4-5,8H2,1-2H3,(H,16,20)(H2,17,18,21,22). The van der Waals surface area contributed by atoms with Gasteiger partial charge in [-0.05, 0) is 26.3 Å². The van der Waals surface area contributed by atoms with Crippen molar-refractivity contribution < 1.29 is 4.79 Å². The topological polar surface area (TPSA) is 113 Å². The zero-order chi connectivity index (χ0) is 16.1. The number of rotatable bonds is 6. The number of aromatic nitrogens is 4. The van der Waals surface area contributed by atoms with Crippen molar-refractivity contribution in [1.82, 2.24) is 25.1 Å². The molecule has 0 saturated carbocycles. The smallest absolute Gasteiger partial charge is 0.325 e. The van der Waals surface area contributed by atoms with Gasteiger partial charge in [-0.3, -0.25) is 19.3 Å². The lowest BCUT2D eigenvalue weighted by Gasteiger charge is -2.14. The van der Waals surface area contributed by atoms with Crippen molar-refractivity contribution >= 4 is 5.91 Å². The minimum absolute atomic E-state index is 0.0673. The quantitative estimate of drug-likeness (QED) is 0.680. The first-order chi connectivity index (χ1) is 10.5. The van der Waals surface area contributed by atoms with Crippen LogP contribution >= 0.6 is 0 Å². The Balaban J connectivity index is 1.88. The van der Waals surface area contributed by atoms with Gasteiger partial charge in [0.2, 0.25) is 5.91 Å². The van der Waals surface area contributed by atoms with Gasteiger partial charge in [0.15, 0.2) is 0 Å². The van der Waals surface area contributed by atoms with Crippen LogP contribution in [0.25, 0.3) is 0 Å². The van der Waals surface area contributed by atoms with Crippen molar-refractivity contribution in [2.75, 3.05) is 0 Å². The second-order valence-electron chi connectivity index (χ2n) is 5.21. The first-order valence-corrected chi connectivity index (χ1v) is 7.04. The maximum Gasteiger partial charge on any atom is 0.325 e. The highest BCUT2D eigenvalue weighted by Crippen LogP contribution is 2.00. The molecule has 0 aliphatic rings. The van der Waals surface area contributed by atoms with Gasteiger partial charge in [-0.15, -0.1) is 0 Å². The highest BCUT2D eigenvalue weighted by molar-refractivity contribution is 5.76. The lowest BCUT2D eigenvalue weighted by Crippen LogP contribution is -2.36. The molecule has 1 amide bonds. The molecule has 1 unspecified atom stereocenters. The third-order valence-corrected chi connectivity index (χ3v) is 3.28. The molecule has 1 atom stereocenters. The molecule has 2 rings (SSSR count). The molecule has 0 aliphatic heterocycles. The van der Waals surface area contributed by atoms with Crippen LogP contribution < -0.4 is 16.6 Å². The lowest BCUT2D eigenvalue weighted by molar-refractivity contribution is -0.121. The molecule has 8 heteroatoms. The number of hydrogen-bond acceptors (Lipinski definition) is 4. The van der Waals surface area contributed by atoms with Gasteiger partial charge in [0.25, 0.3) is 5.56 Å². The fourth-order valence-electron chi connectivity index (χ4n) is 2.25. The van der Waals surface area contributed by atoms with Gasteiger partial charge in [-0.1, -0.05) is 0 Å². The molecule has 0 bridgehead atoms. The summed E-state index contributed by atoms with van der Waals surface area (Å²) in [5.74, 6) is -0.148. The molecule has 118 valence electrons. The predicted molar refractivity (Wildman–Crippen MR) is 80.6 cm³/mol. The van der Waals surface area contributed by atoms with Crippen LogP contribution in [0.1, 0.15) is 24.6 Å². The summed E-state index contributed by atoms with van der Waals surface area (Å²) in [4.78, 5) is 39.4. The zero-order valence-corrected chi connectivity index (χ0v) is 12.5. The highest BCUT2D eigenvalue weighted by atomic mass is 16.2. The fourth-order valence-corrected chi connectivity index (χ4v) is 2.25. The summed E-state index contributed by atoms with van der Waals surface area (Å²) in [6.45, 7) is 4.11. The number of aryl methyl sites for hydroxylation is 1. The molecule has 0 spiro atoms. The number of H-pyrrole nitrogens is 2. The SMILES string of the molecule is Cc1[nH]c(=O)[nH]c(=O)c1CCC(=O)NC(C)Cn1cccn1. The van der Waals surface area contributed by atoms with E-state index < -0.39 is 11.2 Å². The molecule has 3 N–H and O–H groups in total. The van der Waals surface area contributed by atoms with Crippen molar-refractivity contribution in [3.8, 4) is 0 Å². The number of hydrogen-bond donors (Lipinski definition) is 3. The van der Waals surface area contributed by atoms with Crippen molar-refractivity contribution in [3.05, 3.63) is 50.6 Å². The summed E-state index contributed by atoms with van der Waals surface area (Å²) in [5, 5.41) is 6.93. The van der Waals surface area contributed by atoms with Crippen molar-refractivity contribution in [2.24, 2.45) is 0 Å². The van der Waals surface area contributed by atoms with E-state index in [1.165, 1.54) is 0 Å². The molecule has 2 heterocycles. The van der Waals surface area contributed by atoms with Crippen LogP contribution in [0.4, 0.5) is 0 Å². The Labute approximate surface area is 126 Å². The average molecular weight is 305 g/mol. The summed E-state index contributed by atoms with van der Waals surface area (Å²) in [6.07, 6.45) is 3.96. The van der Waals surface area contributed by atoms with E-state index in [4.69, 9.17) is 0 Å². The van der Waals surface area contributed by atoms with Crippen LogP contribution in [0, 0.1) is 6.92 Å². The van der Waals surface area contributed by atoms with Crippen molar-refractivity contribution in [2.45, 2.75) is 39.3 Å². The van der Waals surface area contributed by atoms with Crippen molar-refractivity contribution in [1.29, 1.82) is 0 Å². The van der Waals surface area contributed by atoms with E-state index in [2.05, 4.69) is 20.4 Å². The Morgan fingerprint density at radius 2 is 2.18 bits per heavy atom. The Morgan fingerprint density at radius 3 is 2.82 bits per heavy atom. The van der Waals surface area contributed by atoms with Gasteiger partial charge < -0.3 is 10.3 Å². The largest absolute Gasteiger partial charge is 0.352 e. The van der Waals surface area contributed by atoms with E-state index in [1.54, 1.807) is 17.8 Å². The predicted octanol–water partition coefficient (Wildman–Crippen LogP) is -0.294. The van der Waals surface area contributed by atoms with E-state index >= 15 is 0 Å². The number of nitrogens with zero attached hydrogens (tertiary/aromatic N) is 2. The molecular weight excluding hydrogens is 286 g/mol. The molecule has 0 aromatic carbocycles. The normalized spacial score (nSPS) is 12.1. The van der Waals surface area contributed by atoms with Crippen LogP contribution in [-0.4, -0.2) is 31.7 Å². The minimum Gasteiger partial charge on any atom is -0.352 e.